The van der Waals surface area contributed by atoms with Gasteiger partial charge in [0.05, 0.1) is 12.0 Å². The predicted molar refractivity (Wildman–Crippen MR) is 74.0 cm³/mol. The third-order valence-corrected chi connectivity index (χ3v) is 4.75. The maximum atomic E-state index is 12.3. The Morgan fingerprint density at radius 3 is 2.26 bits per heavy atom. The summed E-state index contributed by atoms with van der Waals surface area (Å²) in [5, 5.41) is 8.83. The van der Waals surface area contributed by atoms with Gasteiger partial charge in [-0.15, -0.1) is 0 Å². The molecule has 1 rings (SSSR count). The van der Waals surface area contributed by atoms with Gasteiger partial charge in [0.15, 0.2) is 0 Å². The van der Waals surface area contributed by atoms with Crippen LogP contribution in [0.5, 0.6) is 5.75 Å². The molecule has 6 heteroatoms. The summed E-state index contributed by atoms with van der Waals surface area (Å²) in [6.07, 6.45) is 0.382. The minimum atomic E-state index is -3.58. The Hall–Kier alpha value is -1.11. The summed E-state index contributed by atoms with van der Waals surface area (Å²) in [6.45, 7) is 5.15. The molecule has 0 fully saturated rings. The quantitative estimate of drug-likeness (QED) is 0.828. The number of hydrogen-bond donors (Lipinski definition) is 2. The minimum Gasteiger partial charge on any atom is -0.497 e. The van der Waals surface area contributed by atoms with Crippen molar-refractivity contribution in [2.45, 2.75) is 38.1 Å². The van der Waals surface area contributed by atoms with Crippen LogP contribution in [-0.2, 0) is 10.0 Å². The van der Waals surface area contributed by atoms with E-state index in [4.69, 9.17) is 9.84 Å². The second-order valence-electron chi connectivity index (χ2n) is 4.62. The van der Waals surface area contributed by atoms with Crippen LogP contribution in [0.15, 0.2) is 17.0 Å². The topological polar surface area (TPSA) is 75.6 Å². The van der Waals surface area contributed by atoms with Crippen LogP contribution < -0.4 is 9.46 Å². The Kier molecular flexibility index (Phi) is 5.34. The third-order valence-electron chi connectivity index (χ3n) is 2.86. The van der Waals surface area contributed by atoms with Crippen LogP contribution in [0, 0.1) is 13.8 Å². The number of hydrogen-bond acceptors (Lipinski definition) is 4. The average Bonchev–Trinajstić information content (AvgIpc) is 2.26. The van der Waals surface area contributed by atoms with E-state index in [-0.39, 0.29) is 17.5 Å². The van der Waals surface area contributed by atoms with Crippen LogP contribution in [-0.4, -0.2) is 33.3 Å². The maximum Gasteiger partial charge on any atom is 0.241 e. The molecule has 5 nitrogen and oxygen atoms in total. The molecular weight excluding hydrogens is 266 g/mol. The van der Waals surface area contributed by atoms with Crippen LogP contribution in [0.3, 0.4) is 0 Å². The number of aryl methyl sites for hydroxylation is 2. The van der Waals surface area contributed by atoms with Crippen molar-refractivity contribution in [3.05, 3.63) is 23.3 Å². The highest BCUT2D eigenvalue weighted by Gasteiger charge is 2.22. The van der Waals surface area contributed by atoms with E-state index in [2.05, 4.69) is 4.72 Å². The van der Waals surface area contributed by atoms with E-state index >= 15 is 0 Å². The van der Waals surface area contributed by atoms with E-state index in [0.29, 0.717) is 23.3 Å². The monoisotopic (exact) mass is 287 g/mol. The van der Waals surface area contributed by atoms with Crippen LogP contribution in [0.1, 0.15) is 24.5 Å². The summed E-state index contributed by atoms with van der Waals surface area (Å²) in [5.41, 5.74) is 1.28. The molecule has 0 amide bonds. The Balaban J connectivity index is 3.15. The van der Waals surface area contributed by atoms with E-state index in [1.54, 1.807) is 40.0 Å². The van der Waals surface area contributed by atoms with Gasteiger partial charge in [0, 0.05) is 12.6 Å². The van der Waals surface area contributed by atoms with Crippen molar-refractivity contribution in [1.29, 1.82) is 0 Å². The molecular formula is C13H21NO4S. The van der Waals surface area contributed by atoms with Crippen molar-refractivity contribution in [1.82, 2.24) is 4.72 Å². The van der Waals surface area contributed by atoms with Crippen LogP contribution in [0.2, 0.25) is 0 Å². The lowest BCUT2D eigenvalue weighted by Crippen LogP contribution is -2.34. The fourth-order valence-corrected chi connectivity index (χ4v) is 3.76. The standard InChI is InChI=1S/C13H21NO4S/c1-9-7-12(18-4)8-10(2)13(9)19(16,17)14-11(3)5-6-15/h7-8,11,14-15H,5-6H2,1-4H3. The fraction of sp³-hybridized carbons (Fsp3) is 0.538. The van der Waals surface area contributed by atoms with Gasteiger partial charge in [-0.05, 0) is 50.5 Å². The van der Waals surface area contributed by atoms with Crippen molar-refractivity contribution in [3.8, 4) is 5.75 Å². The Labute approximate surface area is 114 Å². The lowest BCUT2D eigenvalue weighted by Gasteiger charge is -2.17. The number of ether oxygens (including phenoxy) is 1. The summed E-state index contributed by atoms with van der Waals surface area (Å²) < 4.78 is 32.3. The number of methoxy groups -OCH3 is 1. The lowest BCUT2D eigenvalue weighted by atomic mass is 10.1. The highest BCUT2D eigenvalue weighted by Crippen LogP contribution is 2.25. The molecule has 1 unspecified atom stereocenters. The van der Waals surface area contributed by atoms with Gasteiger partial charge < -0.3 is 9.84 Å². The molecule has 1 atom stereocenters. The van der Waals surface area contributed by atoms with Crippen molar-refractivity contribution in [3.63, 3.8) is 0 Å². The summed E-state index contributed by atoms with van der Waals surface area (Å²) >= 11 is 0. The molecule has 2 N–H and O–H groups in total. The third kappa shape index (κ3) is 3.92. The number of benzene rings is 1. The SMILES string of the molecule is COc1cc(C)c(S(=O)(=O)NC(C)CCO)c(C)c1. The van der Waals surface area contributed by atoms with E-state index in [1.165, 1.54) is 0 Å². The van der Waals surface area contributed by atoms with Crippen molar-refractivity contribution in [2.75, 3.05) is 13.7 Å². The van der Waals surface area contributed by atoms with Gasteiger partial charge in [0.2, 0.25) is 10.0 Å². The van der Waals surface area contributed by atoms with E-state index < -0.39 is 10.0 Å². The summed E-state index contributed by atoms with van der Waals surface area (Å²) in [6, 6.07) is 3.08. The molecule has 0 aliphatic carbocycles. The van der Waals surface area contributed by atoms with Gasteiger partial charge in [-0.2, -0.15) is 0 Å². The number of sulfonamides is 1. The second-order valence-corrected chi connectivity index (χ2v) is 6.28. The smallest absolute Gasteiger partial charge is 0.241 e. The molecule has 0 aliphatic rings. The van der Waals surface area contributed by atoms with Gasteiger partial charge in [-0.25, -0.2) is 13.1 Å². The lowest BCUT2D eigenvalue weighted by molar-refractivity contribution is 0.275. The zero-order chi connectivity index (χ0) is 14.6. The summed E-state index contributed by atoms with van der Waals surface area (Å²) in [7, 11) is -2.04. The molecule has 0 bridgehead atoms. The Bertz CT molecular complexity index is 517. The maximum absolute atomic E-state index is 12.3. The van der Waals surface area contributed by atoms with E-state index in [0.717, 1.165) is 0 Å². The van der Waals surface area contributed by atoms with Gasteiger partial charge >= 0.3 is 0 Å². The van der Waals surface area contributed by atoms with Crippen molar-refractivity contribution in [2.24, 2.45) is 0 Å². The molecule has 1 aromatic rings. The zero-order valence-corrected chi connectivity index (χ0v) is 12.5. The highest BCUT2D eigenvalue weighted by molar-refractivity contribution is 7.89. The predicted octanol–water partition coefficient (Wildman–Crippen LogP) is 1.36. The normalized spacial score (nSPS) is 13.3. The zero-order valence-electron chi connectivity index (χ0n) is 11.7. The number of aliphatic hydroxyl groups is 1. The summed E-state index contributed by atoms with van der Waals surface area (Å²) in [5.74, 6) is 0.636. The molecule has 0 saturated carbocycles. The first-order valence-electron chi connectivity index (χ1n) is 6.10. The van der Waals surface area contributed by atoms with E-state index in [1.807, 2.05) is 0 Å². The minimum absolute atomic E-state index is 0.0513. The Morgan fingerprint density at radius 1 is 1.32 bits per heavy atom. The molecule has 0 saturated heterocycles. The highest BCUT2D eigenvalue weighted by atomic mass is 32.2. The number of rotatable bonds is 6. The van der Waals surface area contributed by atoms with Crippen molar-refractivity contribution < 1.29 is 18.3 Å². The number of nitrogens with one attached hydrogen (secondary N) is 1. The first-order valence-corrected chi connectivity index (χ1v) is 7.58. The molecule has 1 aromatic carbocycles. The molecule has 0 aliphatic heterocycles. The molecule has 108 valence electrons. The molecule has 0 radical (unpaired) electrons. The molecule has 0 spiro atoms. The van der Waals surface area contributed by atoms with Crippen molar-refractivity contribution >= 4 is 10.0 Å². The van der Waals surface area contributed by atoms with Gasteiger partial charge in [-0.1, -0.05) is 0 Å². The van der Waals surface area contributed by atoms with Crippen LogP contribution >= 0.6 is 0 Å². The first kappa shape index (κ1) is 15.9. The number of aliphatic hydroxyl groups excluding tert-OH is 1. The summed E-state index contributed by atoms with van der Waals surface area (Å²) in [4.78, 5) is 0.276. The van der Waals surface area contributed by atoms with Gasteiger partial charge in [0.25, 0.3) is 0 Å². The Morgan fingerprint density at radius 2 is 1.84 bits per heavy atom. The first-order chi connectivity index (χ1) is 8.81. The largest absolute Gasteiger partial charge is 0.497 e. The molecule has 0 heterocycles. The second kappa shape index (κ2) is 6.36. The average molecular weight is 287 g/mol. The van der Waals surface area contributed by atoms with Gasteiger partial charge in [0.1, 0.15) is 5.75 Å². The molecule has 19 heavy (non-hydrogen) atoms. The molecule has 0 aromatic heterocycles. The van der Waals surface area contributed by atoms with E-state index in [9.17, 15) is 8.42 Å². The van der Waals surface area contributed by atoms with Gasteiger partial charge in [-0.3, -0.25) is 0 Å². The van der Waals surface area contributed by atoms with Crippen LogP contribution in [0.25, 0.3) is 0 Å². The fourth-order valence-electron chi connectivity index (χ4n) is 2.03. The van der Waals surface area contributed by atoms with Crippen LogP contribution in [0.4, 0.5) is 0 Å².